The average Bonchev–Trinajstić information content (AvgIpc) is 2.54. The van der Waals surface area contributed by atoms with Crippen LogP contribution in [0.1, 0.15) is 36.5 Å². The maximum Gasteiger partial charge on any atom is 0.284 e. The molecule has 0 amide bonds. The number of nitriles is 1. The molecule has 4 nitrogen and oxygen atoms in total. The Bertz CT molecular complexity index is 784. The van der Waals surface area contributed by atoms with E-state index in [1.807, 2.05) is 19.1 Å². The summed E-state index contributed by atoms with van der Waals surface area (Å²) < 4.78 is 1.35. The van der Waals surface area contributed by atoms with Crippen molar-refractivity contribution >= 4 is 0 Å². The van der Waals surface area contributed by atoms with Crippen LogP contribution in [0, 0.1) is 11.3 Å². The van der Waals surface area contributed by atoms with Gasteiger partial charge in [-0.15, -0.1) is 0 Å². The lowest BCUT2D eigenvalue weighted by Gasteiger charge is -2.16. The maximum atomic E-state index is 11.9. The van der Waals surface area contributed by atoms with Crippen LogP contribution in [0.4, 0.5) is 0 Å². The number of benzene rings is 1. The van der Waals surface area contributed by atoms with Gasteiger partial charge < -0.3 is 0 Å². The fraction of sp³-hybridized carbons (Fsp3) is 0.353. The molecule has 1 aromatic heterocycles. The van der Waals surface area contributed by atoms with Gasteiger partial charge in [-0.05, 0) is 55.9 Å². The molecule has 0 radical (unpaired) electrons. The molecular formula is C17H17N3O. The highest BCUT2D eigenvalue weighted by atomic mass is 16.1. The number of aromatic nitrogens is 2. The van der Waals surface area contributed by atoms with E-state index in [2.05, 4.69) is 17.2 Å². The highest BCUT2D eigenvalue weighted by molar-refractivity contribution is 5.62. The average molecular weight is 279 g/mol. The fourth-order valence-electron chi connectivity index (χ4n) is 2.87. The second kappa shape index (κ2) is 5.53. The summed E-state index contributed by atoms with van der Waals surface area (Å²) in [5.74, 6) is 0. The van der Waals surface area contributed by atoms with Gasteiger partial charge in [0.2, 0.25) is 0 Å². The van der Waals surface area contributed by atoms with Gasteiger partial charge in [-0.3, -0.25) is 4.79 Å². The van der Waals surface area contributed by atoms with Crippen LogP contribution in [0.2, 0.25) is 0 Å². The second-order valence-corrected chi connectivity index (χ2v) is 5.37. The van der Waals surface area contributed by atoms with E-state index < -0.39 is 0 Å². The molecule has 0 unspecified atom stereocenters. The van der Waals surface area contributed by atoms with Crippen LogP contribution >= 0.6 is 0 Å². The third-order valence-corrected chi connectivity index (χ3v) is 4.04. The Labute approximate surface area is 123 Å². The second-order valence-electron chi connectivity index (χ2n) is 5.37. The number of fused-ring (bicyclic) bond motifs is 1. The highest BCUT2D eigenvalue weighted by Gasteiger charge is 2.13. The van der Waals surface area contributed by atoms with Crippen LogP contribution in [0.25, 0.3) is 11.3 Å². The SMILES string of the molecule is CCn1nc(-c2ccc3c(c2)CCCC3)cc(C#N)c1=O. The minimum Gasteiger partial charge on any atom is -0.266 e. The van der Waals surface area contributed by atoms with E-state index in [1.165, 1.54) is 28.7 Å². The van der Waals surface area contributed by atoms with Gasteiger partial charge in [0, 0.05) is 12.1 Å². The van der Waals surface area contributed by atoms with E-state index in [0.717, 1.165) is 18.4 Å². The Morgan fingerprint density at radius 1 is 1.24 bits per heavy atom. The van der Waals surface area contributed by atoms with E-state index in [1.54, 1.807) is 6.07 Å². The third kappa shape index (κ3) is 2.47. The summed E-state index contributed by atoms with van der Waals surface area (Å²) in [7, 11) is 0. The number of rotatable bonds is 2. The first-order chi connectivity index (χ1) is 10.2. The molecule has 0 N–H and O–H groups in total. The molecule has 1 aromatic carbocycles. The van der Waals surface area contributed by atoms with Crippen molar-refractivity contribution in [2.45, 2.75) is 39.2 Å². The van der Waals surface area contributed by atoms with Crippen LogP contribution in [0.3, 0.4) is 0 Å². The third-order valence-electron chi connectivity index (χ3n) is 4.04. The summed E-state index contributed by atoms with van der Waals surface area (Å²) >= 11 is 0. The molecule has 0 aliphatic heterocycles. The molecule has 21 heavy (non-hydrogen) atoms. The van der Waals surface area contributed by atoms with Gasteiger partial charge in [-0.1, -0.05) is 12.1 Å². The van der Waals surface area contributed by atoms with Crippen molar-refractivity contribution in [2.75, 3.05) is 0 Å². The molecule has 0 saturated heterocycles. The van der Waals surface area contributed by atoms with E-state index in [9.17, 15) is 4.79 Å². The summed E-state index contributed by atoms with van der Waals surface area (Å²) in [6.07, 6.45) is 4.72. The Balaban J connectivity index is 2.12. The van der Waals surface area contributed by atoms with Crippen molar-refractivity contribution in [1.29, 1.82) is 5.26 Å². The van der Waals surface area contributed by atoms with E-state index in [0.29, 0.717) is 12.2 Å². The monoisotopic (exact) mass is 279 g/mol. The maximum absolute atomic E-state index is 11.9. The van der Waals surface area contributed by atoms with Crippen molar-refractivity contribution in [3.8, 4) is 17.3 Å². The van der Waals surface area contributed by atoms with Crippen LogP contribution in [-0.4, -0.2) is 9.78 Å². The number of hydrogen-bond donors (Lipinski definition) is 0. The summed E-state index contributed by atoms with van der Waals surface area (Å²) in [6.45, 7) is 2.32. The molecule has 0 atom stereocenters. The lowest BCUT2D eigenvalue weighted by molar-refractivity contribution is 0.617. The first kappa shape index (κ1) is 13.6. The predicted molar refractivity (Wildman–Crippen MR) is 81.0 cm³/mol. The van der Waals surface area contributed by atoms with Gasteiger partial charge in [0.1, 0.15) is 11.6 Å². The molecule has 0 spiro atoms. The predicted octanol–water partition coefficient (Wildman–Crippen LogP) is 2.68. The van der Waals surface area contributed by atoms with Crippen LogP contribution in [-0.2, 0) is 19.4 Å². The van der Waals surface area contributed by atoms with E-state index in [-0.39, 0.29) is 11.1 Å². The van der Waals surface area contributed by atoms with Crippen LogP contribution in [0.5, 0.6) is 0 Å². The number of nitrogens with zero attached hydrogens (tertiary/aromatic N) is 3. The summed E-state index contributed by atoms with van der Waals surface area (Å²) in [6, 6.07) is 9.91. The van der Waals surface area contributed by atoms with Gasteiger partial charge in [0.15, 0.2) is 0 Å². The molecule has 0 bridgehead atoms. The Morgan fingerprint density at radius 2 is 2.00 bits per heavy atom. The largest absolute Gasteiger partial charge is 0.284 e. The van der Waals surface area contributed by atoms with Crippen LogP contribution in [0.15, 0.2) is 29.1 Å². The van der Waals surface area contributed by atoms with Crippen molar-refractivity contribution in [3.63, 3.8) is 0 Å². The molecule has 1 aliphatic carbocycles. The van der Waals surface area contributed by atoms with E-state index >= 15 is 0 Å². The Hall–Kier alpha value is -2.41. The molecule has 1 heterocycles. The summed E-state index contributed by atoms with van der Waals surface area (Å²) in [5, 5.41) is 13.5. The number of hydrogen-bond acceptors (Lipinski definition) is 3. The normalized spacial score (nSPS) is 13.5. The summed E-state index contributed by atoms with van der Waals surface area (Å²) in [4.78, 5) is 11.9. The zero-order valence-corrected chi connectivity index (χ0v) is 12.1. The van der Waals surface area contributed by atoms with Crippen molar-refractivity contribution < 1.29 is 0 Å². The van der Waals surface area contributed by atoms with Crippen LogP contribution < -0.4 is 5.56 Å². The van der Waals surface area contributed by atoms with Gasteiger partial charge in [0.05, 0.1) is 5.69 Å². The molecule has 2 aromatic rings. The highest BCUT2D eigenvalue weighted by Crippen LogP contribution is 2.26. The number of aryl methyl sites for hydroxylation is 3. The quantitative estimate of drug-likeness (QED) is 0.849. The van der Waals surface area contributed by atoms with Crippen molar-refractivity contribution in [2.24, 2.45) is 0 Å². The zero-order chi connectivity index (χ0) is 14.8. The molecule has 0 fully saturated rings. The molecule has 4 heteroatoms. The smallest absolute Gasteiger partial charge is 0.266 e. The first-order valence-electron chi connectivity index (χ1n) is 7.37. The van der Waals surface area contributed by atoms with Gasteiger partial charge in [-0.2, -0.15) is 10.4 Å². The molecular weight excluding hydrogens is 262 g/mol. The lowest BCUT2D eigenvalue weighted by atomic mass is 9.90. The van der Waals surface area contributed by atoms with Gasteiger partial charge in [0.25, 0.3) is 5.56 Å². The molecule has 1 aliphatic rings. The van der Waals surface area contributed by atoms with Crippen molar-refractivity contribution in [3.05, 3.63) is 51.3 Å². The minimum absolute atomic E-state index is 0.152. The Morgan fingerprint density at radius 3 is 2.71 bits per heavy atom. The Kier molecular flexibility index (Phi) is 3.57. The standard InChI is InChI=1S/C17H17N3O/c1-2-20-17(21)15(11-18)10-16(19-20)14-8-7-12-5-3-4-6-13(12)9-14/h7-10H,2-6H2,1H3. The van der Waals surface area contributed by atoms with Gasteiger partial charge in [-0.25, -0.2) is 4.68 Å². The minimum atomic E-state index is -0.318. The first-order valence-corrected chi connectivity index (χ1v) is 7.37. The van der Waals surface area contributed by atoms with Crippen molar-refractivity contribution in [1.82, 2.24) is 9.78 Å². The fourth-order valence-corrected chi connectivity index (χ4v) is 2.87. The topological polar surface area (TPSA) is 58.7 Å². The zero-order valence-electron chi connectivity index (χ0n) is 12.1. The van der Waals surface area contributed by atoms with Gasteiger partial charge >= 0.3 is 0 Å². The molecule has 106 valence electrons. The van der Waals surface area contributed by atoms with E-state index in [4.69, 9.17) is 5.26 Å². The molecule has 3 rings (SSSR count). The summed E-state index contributed by atoms with van der Waals surface area (Å²) in [5.41, 5.74) is 4.29. The molecule has 0 saturated carbocycles. The lowest BCUT2D eigenvalue weighted by Crippen LogP contribution is -2.24.